The Kier molecular flexibility index (Phi) is 2.71. The van der Waals surface area contributed by atoms with Crippen molar-refractivity contribution >= 4 is 11.9 Å². The molecule has 5 atom stereocenters. The minimum atomic E-state index is -1.01. The first-order valence-corrected chi connectivity index (χ1v) is 6.93. The summed E-state index contributed by atoms with van der Waals surface area (Å²) in [6.45, 7) is 3.66. The van der Waals surface area contributed by atoms with Crippen LogP contribution in [0.2, 0.25) is 0 Å². The summed E-state index contributed by atoms with van der Waals surface area (Å²) >= 11 is 0. The van der Waals surface area contributed by atoms with Gasteiger partial charge in [-0.05, 0) is 31.3 Å². The minimum Gasteiger partial charge on any atom is -0.477 e. The molecule has 3 aliphatic rings. The number of carbonyl (C=O) groups is 2. The molecule has 0 spiro atoms. The summed E-state index contributed by atoms with van der Waals surface area (Å²) in [4.78, 5) is 25.0. The van der Waals surface area contributed by atoms with Crippen LogP contribution >= 0.6 is 0 Å². The maximum absolute atomic E-state index is 12.1. The van der Waals surface area contributed by atoms with E-state index in [0.717, 1.165) is 24.8 Å². The number of carboxylic acid groups (broad SMARTS) is 1. The van der Waals surface area contributed by atoms with E-state index in [-0.39, 0.29) is 29.5 Å². The van der Waals surface area contributed by atoms with Crippen molar-refractivity contribution in [3.63, 3.8) is 0 Å². The van der Waals surface area contributed by atoms with E-state index in [0.29, 0.717) is 0 Å². The smallest absolute Gasteiger partial charge is 0.352 e. The van der Waals surface area contributed by atoms with Gasteiger partial charge < -0.3 is 15.1 Å². The second-order valence-corrected chi connectivity index (χ2v) is 6.01. The molecule has 0 aromatic rings. The van der Waals surface area contributed by atoms with Gasteiger partial charge in [-0.15, -0.1) is 0 Å². The maximum Gasteiger partial charge on any atom is 0.352 e. The molecule has 0 aromatic carbocycles. The number of hydrogen-bond acceptors (Lipinski definition) is 3. The molecule has 2 heterocycles. The van der Waals surface area contributed by atoms with Crippen molar-refractivity contribution in [3.05, 3.63) is 11.3 Å². The molecule has 0 aromatic heterocycles. The summed E-state index contributed by atoms with van der Waals surface area (Å²) in [6.07, 6.45) is 2.26. The van der Waals surface area contributed by atoms with Crippen LogP contribution in [0.5, 0.6) is 0 Å². The molecule has 2 fully saturated rings. The van der Waals surface area contributed by atoms with Crippen LogP contribution < -0.4 is 0 Å². The van der Waals surface area contributed by atoms with Crippen LogP contribution in [-0.4, -0.2) is 39.1 Å². The van der Waals surface area contributed by atoms with Gasteiger partial charge in [-0.3, -0.25) is 4.79 Å². The van der Waals surface area contributed by atoms with Gasteiger partial charge in [-0.25, -0.2) is 4.79 Å². The highest BCUT2D eigenvalue weighted by molar-refractivity contribution is 6.00. The summed E-state index contributed by atoms with van der Waals surface area (Å²) in [5.41, 5.74) is 1.13. The van der Waals surface area contributed by atoms with E-state index in [1.807, 2.05) is 6.92 Å². The summed E-state index contributed by atoms with van der Waals surface area (Å²) < 4.78 is 0. The summed E-state index contributed by atoms with van der Waals surface area (Å²) in [7, 11) is 0. The van der Waals surface area contributed by atoms with E-state index in [1.54, 1.807) is 6.92 Å². The fourth-order valence-electron chi connectivity index (χ4n) is 4.16. The largest absolute Gasteiger partial charge is 0.477 e. The summed E-state index contributed by atoms with van der Waals surface area (Å²) in [5.74, 6) is -1.31. The first kappa shape index (κ1) is 12.7. The van der Waals surface area contributed by atoms with E-state index in [4.69, 9.17) is 0 Å². The fraction of sp³-hybridized carbons (Fsp3) is 0.714. The van der Waals surface area contributed by atoms with Crippen LogP contribution in [0.25, 0.3) is 0 Å². The Bertz CT molecular complexity index is 482. The molecule has 5 heteroatoms. The van der Waals surface area contributed by atoms with Crippen molar-refractivity contribution in [1.82, 2.24) is 4.90 Å². The Morgan fingerprint density at radius 3 is 2.68 bits per heavy atom. The van der Waals surface area contributed by atoms with Crippen LogP contribution in [0.4, 0.5) is 0 Å². The molecule has 0 bridgehead atoms. The summed E-state index contributed by atoms with van der Waals surface area (Å²) in [6, 6.07) is -0.128. The van der Waals surface area contributed by atoms with Gasteiger partial charge in [-0.2, -0.15) is 0 Å². The number of carbonyl (C=O) groups excluding carboxylic acids is 1. The zero-order chi connectivity index (χ0) is 13.9. The average molecular weight is 265 g/mol. The molecule has 1 unspecified atom stereocenters. The molecule has 1 saturated carbocycles. The molecule has 1 aliphatic carbocycles. The van der Waals surface area contributed by atoms with Gasteiger partial charge in [0.25, 0.3) is 0 Å². The van der Waals surface area contributed by atoms with Crippen LogP contribution in [0.15, 0.2) is 11.3 Å². The molecule has 3 rings (SSSR count). The van der Waals surface area contributed by atoms with Gasteiger partial charge in [0.2, 0.25) is 5.91 Å². The topological polar surface area (TPSA) is 77.8 Å². The van der Waals surface area contributed by atoms with Gasteiger partial charge in [0.15, 0.2) is 0 Å². The third-order valence-electron chi connectivity index (χ3n) is 4.92. The van der Waals surface area contributed by atoms with Crippen LogP contribution in [0, 0.1) is 17.8 Å². The van der Waals surface area contributed by atoms with Crippen molar-refractivity contribution in [2.24, 2.45) is 17.8 Å². The van der Waals surface area contributed by atoms with Crippen molar-refractivity contribution in [3.8, 4) is 0 Å². The third-order valence-corrected chi connectivity index (χ3v) is 4.92. The number of fused-ring (bicyclic) bond motifs is 3. The van der Waals surface area contributed by atoms with Crippen molar-refractivity contribution in [2.75, 3.05) is 0 Å². The quantitative estimate of drug-likeness (QED) is 0.730. The van der Waals surface area contributed by atoms with E-state index in [2.05, 4.69) is 0 Å². The zero-order valence-corrected chi connectivity index (χ0v) is 11.2. The van der Waals surface area contributed by atoms with Gasteiger partial charge in [0, 0.05) is 5.92 Å². The van der Waals surface area contributed by atoms with Crippen molar-refractivity contribution in [1.29, 1.82) is 0 Å². The first-order valence-electron chi connectivity index (χ1n) is 6.93. The summed E-state index contributed by atoms with van der Waals surface area (Å²) in [5, 5.41) is 19.2. The molecule has 5 nitrogen and oxygen atoms in total. The minimum absolute atomic E-state index is 0.128. The van der Waals surface area contributed by atoms with Crippen molar-refractivity contribution in [2.45, 2.75) is 45.3 Å². The average Bonchev–Trinajstić information content (AvgIpc) is 2.61. The van der Waals surface area contributed by atoms with Gasteiger partial charge in [0.1, 0.15) is 5.70 Å². The highest BCUT2D eigenvalue weighted by Gasteiger charge is 2.61. The molecule has 1 amide bonds. The van der Waals surface area contributed by atoms with Crippen LogP contribution in [0.1, 0.15) is 33.1 Å². The highest BCUT2D eigenvalue weighted by atomic mass is 16.4. The lowest BCUT2D eigenvalue weighted by Crippen LogP contribution is -2.64. The maximum atomic E-state index is 12.1. The molecule has 104 valence electrons. The molecule has 1 saturated heterocycles. The van der Waals surface area contributed by atoms with E-state index < -0.39 is 18.0 Å². The lowest BCUT2D eigenvalue weighted by Gasteiger charge is -2.47. The number of aliphatic hydroxyl groups is 1. The number of β-lactam (4-membered cyclic amide) rings is 1. The molecule has 2 aliphatic heterocycles. The number of nitrogens with zero attached hydrogens (tertiary/aromatic N) is 1. The SMILES string of the molecule is CC(O)[C@H]1C(=O)N2C(C(=O)O)=C3[C@H](C)CCC[C@H]3[C@H]12. The Balaban J connectivity index is 2.04. The van der Waals surface area contributed by atoms with Crippen LogP contribution in [-0.2, 0) is 9.59 Å². The molecule has 19 heavy (non-hydrogen) atoms. The number of rotatable bonds is 2. The number of aliphatic carboxylic acids is 1. The number of hydrogen-bond donors (Lipinski definition) is 2. The Labute approximate surface area is 111 Å². The third kappa shape index (κ3) is 1.51. The predicted molar refractivity (Wildman–Crippen MR) is 67.0 cm³/mol. The Morgan fingerprint density at radius 2 is 2.11 bits per heavy atom. The lowest BCUT2D eigenvalue weighted by atomic mass is 9.70. The number of carboxylic acids is 1. The molecular weight excluding hydrogens is 246 g/mol. The Hall–Kier alpha value is -1.36. The molecule has 2 N–H and O–H groups in total. The number of aliphatic hydroxyl groups excluding tert-OH is 1. The monoisotopic (exact) mass is 265 g/mol. The van der Waals surface area contributed by atoms with E-state index in [9.17, 15) is 19.8 Å². The molecule has 0 radical (unpaired) electrons. The standard InChI is InChI=1S/C14H19NO4/c1-6-4-3-5-8-9(6)12(14(18)19)15-11(8)10(7(2)16)13(15)17/h6-8,10-11,16H,3-5H2,1-2H3,(H,18,19)/t6-,7?,8-,10-,11-/m1/s1. The van der Waals surface area contributed by atoms with Crippen LogP contribution in [0.3, 0.4) is 0 Å². The van der Waals surface area contributed by atoms with Crippen molar-refractivity contribution < 1.29 is 19.8 Å². The predicted octanol–water partition coefficient (Wildman–Crippen LogP) is 0.983. The van der Waals surface area contributed by atoms with Gasteiger partial charge in [0.05, 0.1) is 18.1 Å². The van der Waals surface area contributed by atoms with E-state index in [1.165, 1.54) is 4.90 Å². The highest BCUT2D eigenvalue weighted by Crippen LogP contribution is 2.53. The van der Waals surface area contributed by atoms with Gasteiger partial charge in [-0.1, -0.05) is 13.3 Å². The fourth-order valence-corrected chi connectivity index (χ4v) is 4.16. The normalized spacial score (nSPS) is 38.7. The van der Waals surface area contributed by atoms with E-state index >= 15 is 0 Å². The molecular formula is C14H19NO4. The second-order valence-electron chi connectivity index (χ2n) is 6.01. The Morgan fingerprint density at radius 1 is 1.42 bits per heavy atom. The van der Waals surface area contributed by atoms with Gasteiger partial charge >= 0.3 is 5.97 Å². The first-order chi connectivity index (χ1) is 8.95. The number of amides is 1. The lowest BCUT2D eigenvalue weighted by molar-refractivity contribution is -0.163. The zero-order valence-electron chi connectivity index (χ0n) is 11.2. The second kappa shape index (κ2) is 4.07.